The molecule has 4 aromatic rings. The molecule has 0 aliphatic carbocycles. The third-order valence-electron chi connectivity index (χ3n) is 5.52. The Labute approximate surface area is 215 Å². The van der Waals surface area contributed by atoms with Crippen LogP contribution in [0.15, 0.2) is 60.7 Å². The summed E-state index contributed by atoms with van der Waals surface area (Å²) in [6, 6.07) is 15.6. The quantitative estimate of drug-likeness (QED) is 0.297. The number of rotatable bonds is 7. The van der Waals surface area contributed by atoms with Gasteiger partial charge in [-0.25, -0.2) is 4.79 Å². The van der Waals surface area contributed by atoms with E-state index in [9.17, 15) is 23.5 Å². The summed E-state index contributed by atoms with van der Waals surface area (Å²) >= 11 is 0. The number of hydrogen-bond donors (Lipinski definition) is 2. The van der Waals surface area contributed by atoms with Gasteiger partial charge >= 0.3 is 12.3 Å². The molecule has 1 aromatic heterocycles. The maximum Gasteiger partial charge on any atom is 0.586 e. The van der Waals surface area contributed by atoms with Crippen LogP contribution in [0.2, 0.25) is 0 Å². The van der Waals surface area contributed by atoms with E-state index in [-0.39, 0.29) is 40.5 Å². The fourth-order valence-electron chi connectivity index (χ4n) is 4.18. The Kier molecular flexibility index (Phi) is 6.06. The van der Waals surface area contributed by atoms with E-state index in [1.54, 1.807) is 42.5 Å². The highest BCUT2D eigenvalue weighted by Gasteiger charge is 2.43. The third-order valence-corrected chi connectivity index (χ3v) is 5.52. The number of anilines is 1. The third kappa shape index (κ3) is 4.77. The molecule has 5 rings (SSSR count). The Balaban J connectivity index is 1.59. The number of nitrogens with zero attached hydrogens (tertiary/aromatic N) is 1. The zero-order valence-corrected chi connectivity index (χ0v) is 20.5. The second-order valence-corrected chi connectivity index (χ2v) is 8.76. The van der Waals surface area contributed by atoms with Gasteiger partial charge in [0.05, 0.1) is 17.3 Å². The Bertz CT molecular complexity index is 1560. The number of nitrogens with one attached hydrogen (secondary N) is 1. The van der Waals surface area contributed by atoms with Crippen LogP contribution in [-0.4, -0.2) is 33.9 Å². The van der Waals surface area contributed by atoms with Gasteiger partial charge in [0.25, 0.3) is 0 Å². The van der Waals surface area contributed by atoms with Crippen molar-refractivity contribution < 1.29 is 42.4 Å². The molecule has 1 aliphatic rings. The lowest BCUT2D eigenvalue weighted by Crippen LogP contribution is -2.25. The van der Waals surface area contributed by atoms with Crippen molar-refractivity contribution in [2.24, 2.45) is 0 Å². The lowest BCUT2D eigenvalue weighted by atomic mass is 10.2. The van der Waals surface area contributed by atoms with Crippen molar-refractivity contribution in [1.82, 2.24) is 4.57 Å². The number of carbonyl (C=O) groups excluding carboxylic acids is 1. The first-order valence-electron chi connectivity index (χ1n) is 11.5. The molecule has 1 aliphatic heterocycles. The molecule has 196 valence electrons. The Morgan fingerprint density at radius 2 is 1.58 bits per heavy atom. The minimum absolute atomic E-state index is 0.0334. The van der Waals surface area contributed by atoms with Gasteiger partial charge < -0.3 is 33.9 Å². The van der Waals surface area contributed by atoms with Crippen molar-refractivity contribution in [3.8, 4) is 34.4 Å². The van der Waals surface area contributed by atoms with Crippen molar-refractivity contribution in [2.45, 2.75) is 33.2 Å². The number of carboxylic acid groups (broad SMARTS) is 1. The van der Waals surface area contributed by atoms with Crippen molar-refractivity contribution >= 4 is 28.5 Å². The van der Waals surface area contributed by atoms with Gasteiger partial charge in [0.15, 0.2) is 17.2 Å². The van der Waals surface area contributed by atoms with Crippen LogP contribution in [0.4, 0.5) is 14.5 Å². The predicted molar refractivity (Wildman–Crippen MR) is 133 cm³/mol. The molecular weight excluding hydrogens is 502 g/mol. The molecule has 0 unspecified atom stereocenters. The van der Waals surface area contributed by atoms with Crippen LogP contribution in [0.1, 0.15) is 31.3 Å². The number of carbonyl (C=O) groups is 2. The van der Waals surface area contributed by atoms with Crippen LogP contribution in [0, 0.1) is 0 Å². The fourth-order valence-corrected chi connectivity index (χ4v) is 4.18. The van der Waals surface area contributed by atoms with Crippen LogP contribution in [0.3, 0.4) is 0 Å². The molecule has 0 saturated heterocycles. The van der Waals surface area contributed by atoms with Gasteiger partial charge in [-0.1, -0.05) is 0 Å². The van der Waals surface area contributed by atoms with Crippen molar-refractivity contribution in [2.75, 3.05) is 5.32 Å². The number of aromatic carboxylic acids is 1. The largest absolute Gasteiger partial charge is 0.586 e. The molecule has 2 N–H and O–H groups in total. The molecule has 38 heavy (non-hydrogen) atoms. The number of benzene rings is 3. The lowest BCUT2D eigenvalue weighted by Gasteiger charge is -2.12. The highest BCUT2D eigenvalue weighted by molar-refractivity contribution is 6.12. The average Bonchev–Trinajstić information content (AvgIpc) is 3.31. The summed E-state index contributed by atoms with van der Waals surface area (Å²) in [6.45, 7) is 5.07. The number of aromatic nitrogens is 1. The summed E-state index contributed by atoms with van der Waals surface area (Å²) in [7, 11) is 0. The van der Waals surface area contributed by atoms with Crippen LogP contribution in [0.25, 0.3) is 16.6 Å². The number of fused-ring (bicyclic) bond motifs is 2. The zero-order chi connectivity index (χ0) is 27.2. The molecule has 11 heteroatoms. The van der Waals surface area contributed by atoms with E-state index in [1.807, 2.05) is 13.8 Å². The van der Waals surface area contributed by atoms with Gasteiger partial charge in [0.2, 0.25) is 5.91 Å². The van der Waals surface area contributed by atoms with Crippen LogP contribution < -0.4 is 24.3 Å². The highest BCUT2D eigenvalue weighted by atomic mass is 19.3. The zero-order valence-electron chi connectivity index (χ0n) is 20.5. The van der Waals surface area contributed by atoms with E-state index in [0.29, 0.717) is 22.3 Å². The number of hydrogen-bond acceptors (Lipinski definition) is 6. The van der Waals surface area contributed by atoms with Gasteiger partial charge in [-0.3, -0.25) is 4.79 Å². The summed E-state index contributed by atoms with van der Waals surface area (Å²) < 4.78 is 48.6. The molecule has 1 amide bonds. The first-order chi connectivity index (χ1) is 18.0. The van der Waals surface area contributed by atoms with Crippen molar-refractivity contribution in [1.29, 1.82) is 0 Å². The number of amides is 1. The van der Waals surface area contributed by atoms with E-state index >= 15 is 0 Å². The summed E-state index contributed by atoms with van der Waals surface area (Å²) in [4.78, 5) is 24.4. The van der Waals surface area contributed by atoms with Gasteiger partial charge in [-0.05, 0) is 68.4 Å². The average molecular weight is 524 g/mol. The molecular formula is C27H22F2N2O7. The molecule has 0 atom stereocenters. The van der Waals surface area contributed by atoms with Crippen LogP contribution >= 0.6 is 0 Å². The van der Waals surface area contributed by atoms with Crippen LogP contribution in [-0.2, 0) is 4.79 Å². The first kappa shape index (κ1) is 24.9. The highest BCUT2D eigenvalue weighted by Crippen LogP contribution is 2.44. The molecule has 9 nitrogen and oxygen atoms in total. The SMILES string of the molecule is CC(=O)Nc1c(C(=O)O)n(-c2ccc(OC(C)C)cc2)c2ccc(Oc3ccc4c(c3)OC(F)(F)O4)cc12. The maximum atomic E-state index is 13.4. The molecule has 0 bridgehead atoms. The smallest absolute Gasteiger partial charge is 0.491 e. The van der Waals surface area contributed by atoms with Gasteiger partial charge in [-0.2, -0.15) is 0 Å². The van der Waals surface area contributed by atoms with Gasteiger partial charge in [0, 0.05) is 24.1 Å². The molecule has 0 saturated carbocycles. The fraction of sp³-hybridized carbons (Fsp3) is 0.185. The molecule has 0 spiro atoms. The van der Waals surface area contributed by atoms with E-state index in [1.165, 1.54) is 29.7 Å². The number of carboxylic acids is 1. The minimum atomic E-state index is -3.76. The standard InChI is InChI=1S/C27H22F2N2O7/c1-14(2)35-17-6-4-16(5-7-17)31-21-10-8-18(12-20(21)24(30-15(3)32)25(31)26(33)34)36-19-9-11-22-23(13-19)38-27(28,29)37-22/h4-14H,1-3H3,(H,30,32)(H,33,34). The number of ether oxygens (including phenoxy) is 4. The molecule has 0 radical (unpaired) electrons. The summed E-state index contributed by atoms with van der Waals surface area (Å²) in [5, 5.41) is 13.1. The maximum absolute atomic E-state index is 13.4. The molecule has 3 aromatic carbocycles. The minimum Gasteiger partial charge on any atom is -0.491 e. The summed E-state index contributed by atoms with van der Waals surface area (Å²) in [5.74, 6) is -0.956. The number of halogens is 2. The summed E-state index contributed by atoms with van der Waals surface area (Å²) in [5.41, 5.74) is 0.945. The monoisotopic (exact) mass is 524 g/mol. The lowest BCUT2D eigenvalue weighted by molar-refractivity contribution is -0.286. The first-order valence-corrected chi connectivity index (χ1v) is 11.5. The number of alkyl halides is 2. The van der Waals surface area contributed by atoms with E-state index in [2.05, 4.69) is 14.8 Å². The Hall–Kier alpha value is -4.80. The van der Waals surface area contributed by atoms with Crippen molar-refractivity contribution in [3.63, 3.8) is 0 Å². The van der Waals surface area contributed by atoms with Gasteiger partial charge in [-0.15, -0.1) is 8.78 Å². The summed E-state index contributed by atoms with van der Waals surface area (Å²) in [6.07, 6.45) is -3.79. The Morgan fingerprint density at radius 1 is 0.947 bits per heavy atom. The normalized spacial score (nSPS) is 13.5. The van der Waals surface area contributed by atoms with E-state index in [0.717, 1.165) is 0 Å². The van der Waals surface area contributed by atoms with E-state index < -0.39 is 18.2 Å². The molecule has 2 heterocycles. The van der Waals surface area contributed by atoms with Gasteiger partial charge in [0.1, 0.15) is 17.2 Å². The topological polar surface area (TPSA) is 108 Å². The second kappa shape index (κ2) is 9.25. The molecule has 0 fully saturated rings. The van der Waals surface area contributed by atoms with E-state index in [4.69, 9.17) is 9.47 Å². The van der Waals surface area contributed by atoms with Crippen LogP contribution in [0.5, 0.6) is 28.7 Å². The Morgan fingerprint density at radius 3 is 2.24 bits per heavy atom. The second-order valence-electron chi connectivity index (χ2n) is 8.76. The van der Waals surface area contributed by atoms with Crippen molar-refractivity contribution in [3.05, 3.63) is 66.4 Å². The predicted octanol–water partition coefficient (Wildman–Crippen LogP) is 6.19.